The molecule has 0 aliphatic heterocycles. The molecule has 2 aromatic rings. The van der Waals surface area contributed by atoms with Crippen LogP contribution in [0.25, 0.3) is 0 Å². The van der Waals surface area contributed by atoms with E-state index < -0.39 is 0 Å². The van der Waals surface area contributed by atoms with Crippen molar-refractivity contribution in [1.82, 2.24) is 0 Å². The van der Waals surface area contributed by atoms with E-state index in [0.29, 0.717) is 5.92 Å². The van der Waals surface area contributed by atoms with Crippen molar-refractivity contribution < 1.29 is 4.74 Å². The number of anilines is 1. The summed E-state index contributed by atoms with van der Waals surface area (Å²) in [5.41, 5.74) is 4.96. The predicted molar refractivity (Wildman–Crippen MR) is 95.0 cm³/mol. The van der Waals surface area contributed by atoms with Gasteiger partial charge in [-0.1, -0.05) is 44.2 Å². The number of hydrogen-bond acceptors (Lipinski definition) is 2. The topological polar surface area (TPSA) is 21.3 Å². The van der Waals surface area contributed by atoms with E-state index in [4.69, 9.17) is 4.74 Å². The van der Waals surface area contributed by atoms with Gasteiger partial charge in [0.25, 0.3) is 0 Å². The number of benzene rings is 2. The summed E-state index contributed by atoms with van der Waals surface area (Å²) in [5, 5.41) is 3.52. The van der Waals surface area contributed by atoms with Gasteiger partial charge in [0.1, 0.15) is 11.9 Å². The van der Waals surface area contributed by atoms with Crippen LogP contribution in [0.15, 0.2) is 42.5 Å². The molecule has 0 amide bonds. The molecule has 2 rings (SSSR count). The van der Waals surface area contributed by atoms with Crippen molar-refractivity contribution in [2.45, 2.75) is 46.6 Å². The summed E-state index contributed by atoms with van der Waals surface area (Å²) < 4.78 is 6.09. The van der Waals surface area contributed by atoms with Crippen LogP contribution in [-0.4, -0.2) is 12.6 Å². The highest BCUT2D eigenvalue weighted by Crippen LogP contribution is 2.24. The van der Waals surface area contributed by atoms with Crippen molar-refractivity contribution in [3.8, 4) is 5.75 Å². The molecule has 1 N–H and O–H groups in total. The quantitative estimate of drug-likeness (QED) is 0.780. The fourth-order valence-electron chi connectivity index (χ4n) is 2.51. The Morgan fingerprint density at radius 2 is 1.73 bits per heavy atom. The number of rotatable bonds is 6. The third-order valence-corrected chi connectivity index (χ3v) is 3.83. The van der Waals surface area contributed by atoms with Crippen LogP contribution >= 0.6 is 0 Å². The summed E-state index contributed by atoms with van der Waals surface area (Å²) in [6, 6.07) is 14.8. The zero-order valence-electron chi connectivity index (χ0n) is 14.3. The first-order valence-corrected chi connectivity index (χ1v) is 8.04. The molecular formula is C20H27NO. The molecule has 2 aromatic carbocycles. The average molecular weight is 297 g/mol. The molecular weight excluding hydrogens is 270 g/mol. The average Bonchev–Trinajstić information content (AvgIpc) is 2.49. The van der Waals surface area contributed by atoms with Crippen molar-refractivity contribution in [3.05, 3.63) is 59.2 Å². The normalized spacial score (nSPS) is 12.3. The summed E-state index contributed by atoms with van der Waals surface area (Å²) in [6.07, 6.45) is 0.112. The third-order valence-electron chi connectivity index (χ3n) is 3.83. The lowest BCUT2D eigenvalue weighted by Crippen LogP contribution is -2.23. The van der Waals surface area contributed by atoms with Crippen LogP contribution in [0.1, 0.15) is 43.4 Å². The lowest BCUT2D eigenvalue weighted by atomic mass is 10.0. The van der Waals surface area contributed by atoms with E-state index >= 15 is 0 Å². The van der Waals surface area contributed by atoms with Crippen LogP contribution < -0.4 is 10.1 Å². The molecule has 2 heteroatoms. The minimum atomic E-state index is 0.112. The van der Waals surface area contributed by atoms with Gasteiger partial charge in [0.2, 0.25) is 0 Å². The highest BCUT2D eigenvalue weighted by Gasteiger charge is 2.09. The molecule has 1 unspecified atom stereocenters. The van der Waals surface area contributed by atoms with Crippen LogP contribution in [0.3, 0.4) is 0 Å². The first kappa shape index (κ1) is 16.4. The lowest BCUT2D eigenvalue weighted by Gasteiger charge is -2.20. The molecule has 22 heavy (non-hydrogen) atoms. The lowest BCUT2D eigenvalue weighted by molar-refractivity contribution is 0.233. The maximum atomic E-state index is 6.09. The number of aryl methyl sites for hydroxylation is 2. The summed E-state index contributed by atoms with van der Waals surface area (Å²) in [4.78, 5) is 0. The van der Waals surface area contributed by atoms with Gasteiger partial charge in [0.05, 0.1) is 6.54 Å². The van der Waals surface area contributed by atoms with Crippen LogP contribution in [0.2, 0.25) is 0 Å². The molecule has 0 fully saturated rings. The Kier molecular flexibility index (Phi) is 5.48. The van der Waals surface area contributed by atoms with E-state index in [1.807, 2.05) is 0 Å². The van der Waals surface area contributed by atoms with E-state index in [0.717, 1.165) is 12.3 Å². The Bertz CT molecular complexity index is 619. The number of para-hydroxylation sites is 1. The van der Waals surface area contributed by atoms with Crippen LogP contribution in [0, 0.1) is 13.8 Å². The minimum Gasteiger partial charge on any atom is -0.489 e. The fraction of sp³-hybridized carbons (Fsp3) is 0.400. The second kappa shape index (κ2) is 7.35. The molecule has 0 aliphatic carbocycles. The first-order valence-electron chi connectivity index (χ1n) is 8.04. The second-order valence-electron chi connectivity index (χ2n) is 6.32. The molecule has 2 nitrogen and oxygen atoms in total. The van der Waals surface area contributed by atoms with Crippen molar-refractivity contribution in [1.29, 1.82) is 0 Å². The maximum absolute atomic E-state index is 6.09. The van der Waals surface area contributed by atoms with E-state index in [1.165, 1.54) is 22.4 Å². The standard InChI is InChI=1S/C20H27NO/c1-14(2)18-8-6-7-9-19(18)21-13-17(5)22-20-12-15(3)10-11-16(20)4/h6-12,14,17,21H,13H2,1-5H3. The fourth-order valence-corrected chi connectivity index (χ4v) is 2.51. The highest BCUT2D eigenvalue weighted by molar-refractivity contribution is 5.52. The van der Waals surface area contributed by atoms with E-state index in [1.54, 1.807) is 0 Å². The number of nitrogens with one attached hydrogen (secondary N) is 1. The predicted octanol–water partition coefficient (Wildman–Crippen LogP) is 5.31. The van der Waals surface area contributed by atoms with Gasteiger partial charge in [-0.2, -0.15) is 0 Å². The van der Waals surface area contributed by atoms with Crippen LogP contribution in [0.4, 0.5) is 5.69 Å². The van der Waals surface area contributed by atoms with Gasteiger partial charge in [0, 0.05) is 5.69 Å². The number of ether oxygens (including phenoxy) is 1. The van der Waals surface area contributed by atoms with Gasteiger partial charge >= 0.3 is 0 Å². The molecule has 0 heterocycles. The largest absolute Gasteiger partial charge is 0.489 e. The summed E-state index contributed by atoms with van der Waals surface area (Å²) in [7, 11) is 0. The van der Waals surface area contributed by atoms with Crippen LogP contribution in [0.5, 0.6) is 5.75 Å². The Balaban J connectivity index is 1.99. The SMILES string of the molecule is Cc1ccc(C)c(OC(C)CNc2ccccc2C(C)C)c1. The van der Waals surface area contributed by atoms with Crippen LogP contribution in [-0.2, 0) is 0 Å². The summed E-state index contributed by atoms with van der Waals surface area (Å²) in [5.74, 6) is 1.49. The molecule has 0 aromatic heterocycles. The van der Waals surface area contributed by atoms with Crippen molar-refractivity contribution in [2.75, 3.05) is 11.9 Å². The van der Waals surface area contributed by atoms with E-state index in [2.05, 4.69) is 82.4 Å². The molecule has 1 atom stereocenters. The Labute approximate surface area is 134 Å². The molecule has 0 saturated carbocycles. The monoisotopic (exact) mass is 297 g/mol. The van der Waals surface area contributed by atoms with Gasteiger partial charge in [-0.3, -0.25) is 0 Å². The van der Waals surface area contributed by atoms with Gasteiger partial charge in [0.15, 0.2) is 0 Å². The smallest absolute Gasteiger partial charge is 0.122 e. The van der Waals surface area contributed by atoms with Gasteiger partial charge < -0.3 is 10.1 Å². The van der Waals surface area contributed by atoms with Crippen molar-refractivity contribution in [3.63, 3.8) is 0 Å². The molecule has 118 valence electrons. The van der Waals surface area contributed by atoms with Crippen molar-refractivity contribution in [2.24, 2.45) is 0 Å². The van der Waals surface area contributed by atoms with E-state index in [9.17, 15) is 0 Å². The maximum Gasteiger partial charge on any atom is 0.122 e. The van der Waals surface area contributed by atoms with Crippen molar-refractivity contribution >= 4 is 5.69 Å². The zero-order chi connectivity index (χ0) is 16.1. The Morgan fingerprint density at radius 3 is 2.45 bits per heavy atom. The second-order valence-corrected chi connectivity index (χ2v) is 6.32. The minimum absolute atomic E-state index is 0.112. The third kappa shape index (κ3) is 4.27. The molecule has 0 spiro atoms. The van der Waals surface area contributed by atoms with Gasteiger partial charge in [-0.25, -0.2) is 0 Å². The van der Waals surface area contributed by atoms with E-state index in [-0.39, 0.29) is 6.10 Å². The Morgan fingerprint density at radius 1 is 1.00 bits per heavy atom. The molecule has 0 bridgehead atoms. The summed E-state index contributed by atoms with van der Waals surface area (Å²) >= 11 is 0. The molecule has 0 saturated heterocycles. The van der Waals surface area contributed by atoms with Gasteiger partial charge in [-0.05, 0) is 55.5 Å². The molecule has 0 radical (unpaired) electrons. The Hall–Kier alpha value is -1.96. The zero-order valence-corrected chi connectivity index (χ0v) is 14.3. The molecule has 0 aliphatic rings. The summed E-state index contributed by atoms with van der Waals surface area (Å²) in [6.45, 7) is 11.5. The number of hydrogen-bond donors (Lipinski definition) is 1. The highest BCUT2D eigenvalue weighted by atomic mass is 16.5. The first-order chi connectivity index (χ1) is 10.5. The van der Waals surface area contributed by atoms with Gasteiger partial charge in [-0.15, -0.1) is 0 Å².